The van der Waals surface area contributed by atoms with Gasteiger partial charge >= 0.3 is 5.69 Å². The molecule has 1 amide bonds. The summed E-state index contributed by atoms with van der Waals surface area (Å²) in [5.41, 5.74) is 10.5. The number of hydrogen-bond acceptors (Lipinski definition) is 5. The number of carbonyl (C=O) groups excluding carboxylic acids is 1. The summed E-state index contributed by atoms with van der Waals surface area (Å²) in [6, 6.07) is 20.4. The molecule has 8 heteroatoms. The minimum atomic E-state index is -0.670. The highest BCUT2D eigenvalue weighted by atomic mass is 16.3. The Kier molecular flexibility index (Phi) is 5.07. The van der Waals surface area contributed by atoms with E-state index in [1.807, 2.05) is 49.4 Å². The topological polar surface area (TPSA) is 126 Å². The maximum Gasteiger partial charge on any atom is 0.349 e. The summed E-state index contributed by atoms with van der Waals surface area (Å²) >= 11 is 0. The van der Waals surface area contributed by atoms with Crippen LogP contribution in [0.15, 0.2) is 71.5 Å². The average Bonchev–Trinajstić information content (AvgIpc) is 3.31. The summed E-state index contributed by atoms with van der Waals surface area (Å²) in [5.74, 6) is -0.689. The molecule has 5 N–H and O–H groups in total. The van der Waals surface area contributed by atoms with Crippen LogP contribution in [0.3, 0.4) is 0 Å². The van der Waals surface area contributed by atoms with Crippen LogP contribution in [-0.4, -0.2) is 31.9 Å². The first-order valence-electron chi connectivity index (χ1n) is 10.6. The molecule has 1 aliphatic rings. The summed E-state index contributed by atoms with van der Waals surface area (Å²) in [6.07, 6.45) is -0.165. The van der Waals surface area contributed by atoms with Crippen molar-refractivity contribution in [2.24, 2.45) is 5.73 Å². The summed E-state index contributed by atoms with van der Waals surface area (Å²) < 4.78 is 1.28. The zero-order chi connectivity index (χ0) is 23.1. The van der Waals surface area contributed by atoms with Crippen LogP contribution in [0.4, 0.5) is 11.6 Å². The number of aromatic amines is 1. The Bertz CT molecular complexity index is 1420. The van der Waals surface area contributed by atoms with Gasteiger partial charge in [-0.3, -0.25) is 9.78 Å². The lowest BCUT2D eigenvalue weighted by Crippen LogP contribution is -2.21. The van der Waals surface area contributed by atoms with Gasteiger partial charge in [0.2, 0.25) is 11.9 Å². The summed E-state index contributed by atoms with van der Waals surface area (Å²) in [6.45, 7) is 1.94. The number of hydrogen-bond donors (Lipinski definition) is 4. The zero-order valence-corrected chi connectivity index (χ0v) is 17.9. The average molecular weight is 441 g/mol. The van der Waals surface area contributed by atoms with Gasteiger partial charge in [-0.25, -0.2) is 4.79 Å². The third-order valence-corrected chi connectivity index (χ3v) is 5.98. The van der Waals surface area contributed by atoms with Gasteiger partial charge in [0.1, 0.15) is 0 Å². The van der Waals surface area contributed by atoms with Gasteiger partial charge < -0.3 is 16.2 Å². The zero-order valence-electron chi connectivity index (χ0n) is 17.9. The number of anilines is 2. The molecule has 0 spiro atoms. The fourth-order valence-electron chi connectivity index (χ4n) is 4.52. The van der Waals surface area contributed by atoms with Crippen molar-refractivity contribution in [3.05, 3.63) is 105 Å². The molecule has 0 radical (unpaired) electrons. The minimum absolute atomic E-state index is 0.256. The van der Waals surface area contributed by atoms with E-state index in [0.29, 0.717) is 28.9 Å². The number of aliphatic hydroxyl groups excluding tert-OH is 1. The lowest BCUT2D eigenvalue weighted by molar-refractivity contribution is 0.0998. The number of nitrogens with one attached hydrogen (secondary N) is 2. The van der Waals surface area contributed by atoms with E-state index in [1.165, 1.54) is 4.68 Å². The monoisotopic (exact) mass is 441 g/mol. The number of aromatic nitrogens is 3. The first-order valence-corrected chi connectivity index (χ1v) is 10.6. The van der Waals surface area contributed by atoms with Crippen molar-refractivity contribution < 1.29 is 9.90 Å². The molecule has 1 aliphatic carbocycles. The van der Waals surface area contributed by atoms with Crippen LogP contribution in [0.2, 0.25) is 0 Å². The van der Waals surface area contributed by atoms with E-state index in [9.17, 15) is 14.7 Å². The van der Waals surface area contributed by atoms with Crippen molar-refractivity contribution in [1.82, 2.24) is 14.8 Å². The molecular formula is C25H23N5O3. The van der Waals surface area contributed by atoms with Gasteiger partial charge in [-0.05, 0) is 65.9 Å². The molecule has 0 aliphatic heterocycles. The standard InChI is InChI=1S/C25H23N5O3/c1-14-5-4-7-17(11-14)30-25(33)28-24(29-30)27-16-9-10-19(23(26)32)20(13-16)22-18-8-3-2-6-15(18)12-21(22)31/h2-11,13,21-22,31H,12H2,1H3,(H2,26,32)(H2,27,28,29,33)/t21-,22+/m0/s1. The van der Waals surface area contributed by atoms with Crippen molar-refractivity contribution in [2.45, 2.75) is 25.4 Å². The van der Waals surface area contributed by atoms with E-state index in [2.05, 4.69) is 15.4 Å². The smallest absolute Gasteiger partial charge is 0.349 e. The maximum atomic E-state index is 12.5. The third-order valence-electron chi connectivity index (χ3n) is 5.98. The Hall–Kier alpha value is -4.17. The van der Waals surface area contributed by atoms with E-state index in [1.54, 1.807) is 24.3 Å². The van der Waals surface area contributed by atoms with Crippen LogP contribution in [0.25, 0.3) is 5.69 Å². The highest BCUT2D eigenvalue weighted by Crippen LogP contribution is 2.40. The lowest BCUT2D eigenvalue weighted by Gasteiger charge is -2.20. The number of nitrogens with zero attached hydrogens (tertiary/aromatic N) is 2. The Morgan fingerprint density at radius 3 is 2.73 bits per heavy atom. The second-order valence-corrected chi connectivity index (χ2v) is 8.27. The molecule has 0 saturated heterocycles. The molecular weight excluding hydrogens is 418 g/mol. The van der Waals surface area contributed by atoms with E-state index in [4.69, 9.17) is 5.73 Å². The number of aryl methyl sites for hydroxylation is 1. The molecule has 166 valence electrons. The van der Waals surface area contributed by atoms with Crippen LogP contribution >= 0.6 is 0 Å². The summed E-state index contributed by atoms with van der Waals surface area (Å²) in [4.78, 5) is 27.3. The van der Waals surface area contributed by atoms with E-state index < -0.39 is 12.0 Å². The van der Waals surface area contributed by atoms with Crippen LogP contribution in [0.1, 0.15) is 38.5 Å². The summed E-state index contributed by atoms with van der Waals surface area (Å²) in [5, 5.41) is 18.2. The quantitative estimate of drug-likeness (QED) is 0.379. The van der Waals surface area contributed by atoms with Crippen LogP contribution in [0.5, 0.6) is 0 Å². The van der Waals surface area contributed by atoms with E-state index in [0.717, 1.165) is 16.7 Å². The van der Waals surface area contributed by atoms with Crippen molar-refractivity contribution in [2.75, 3.05) is 5.32 Å². The van der Waals surface area contributed by atoms with Crippen molar-refractivity contribution >= 4 is 17.5 Å². The van der Waals surface area contributed by atoms with Crippen molar-refractivity contribution in [1.29, 1.82) is 0 Å². The predicted molar refractivity (Wildman–Crippen MR) is 125 cm³/mol. The largest absolute Gasteiger partial charge is 0.392 e. The molecule has 3 aromatic carbocycles. The Morgan fingerprint density at radius 1 is 1.12 bits per heavy atom. The molecule has 8 nitrogen and oxygen atoms in total. The number of rotatable bonds is 5. The van der Waals surface area contributed by atoms with Crippen LogP contribution in [-0.2, 0) is 6.42 Å². The van der Waals surface area contributed by atoms with E-state index in [-0.39, 0.29) is 17.6 Å². The van der Waals surface area contributed by atoms with Gasteiger partial charge in [0.05, 0.1) is 11.8 Å². The SMILES string of the molecule is Cc1cccc(-n2nc(Nc3ccc(C(N)=O)c([C@H]4c5ccccc5C[C@@H]4O)c3)[nH]c2=O)c1. The number of H-pyrrole nitrogens is 1. The summed E-state index contributed by atoms with van der Waals surface area (Å²) in [7, 11) is 0. The number of primary amides is 1. The first kappa shape index (κ1) is 20.7. The molecule has 5 rings (SSSR count). The molecule has 2 atom stereocenters. The third kappa shape index (κ3) is 3.81. The molecule has 0 bridgehead atoms. The second kappa shape index (κ2) is 8.07. The van der Waals surface area contributed by atoms with Crippen molar-refractivity contribution in [3.63, 3.8) is 0 Å². The molecule has 0 fully saturated rings. The van der Waals surface area contributed by atoms with Gasteiger partial charge in [0.25, 0.3) is 0 Å². The number of fused-ring (bicyclic) bond motifs is 1. The van der Waals surface area contributed by atoms with E-state index >= 15 is 0 Å². The molecule has 1 heterocycles. The lowest BCUT2D eigenvalue weighted by atomic mass is 9.87. The number of benzene rings is 3. The fourth-order valence-corrected chi connectivity index (χ4v) is 4.52. The minimum Gasteiger partial charge on any atom is -0.392 e. The maximum absolute atomic E-state index is 12.5. The number of nitrogens with two attached hydrogens (primary N) is 1. The number of aliphatic hydroxyl groups is 1. The van der Waals surface area contributed by atoms with Gasteiger partial charge in [-0.2, -0.15) is 4.68 Å². The molecule has 1 aromatic heterocycles. The van der Waals surface area contributed by atoms with Crippen molar-refractivity contribution in [3.8, 4) is 5.69 Å². The highest BCUT2D eigenvalue weighted by molar-refractivity contribution is 5.95. The molecule has 4 aromatic rings. The Labute approximate surface area is 189 Å². The normalized spacial score (nSPS) is 17.0. The molecule has 33 heavy (non-hydrogen) atoms. The van der Waals surface area contributed by atoms with Crippen LogP contribution in [0, 0.1) is 6.92 Å². The molecule has 0 unspecified atom stereocenters. The Balaban J connectivity index is 1.52. The van der Waals surface area contributed by atoms with Gasteiger partial charge in [0, 0.05) is 17.2 Å². The van der Waals surface area contributed by atoms with Gasteiger partial charge in [-0.15, -0.1) is 5.10 Å². The van der Waals surface area contributed by atoms with Gasteiger partial charge in [0.15, 0.2) is 0 Å². The fraction of sp³-hybridized carbons (Fsp3) is 0.160. The predicted octanol–water partition coefficient (Wildman–Crippen LogP) is 2.76. The molecule has 0 saturated carbocycles. The highest BCUT2D eigenvalue weighted by Gasteiger charge is 2.34. The number of amides is 1. The Morgan fingerprint density at radius 2 is 1.94 bits per heavy atom. The van der Waals surface area contributed by atoms with Gasteiger partial charge in [-0.1, -0.05) is 36.4 Å². The number of carbonyl (C=O) groups is 1. The second-order valence-electron chi connectivity index (χ2n) is 8.27. The first-order chi connectivity index (χ1) is 15.9. The van der Waals surface area contributed by atoms with Crippen LogP contribution < -0.4 is 16.7 Å².